The molecule has 0 unspecified atom stereocenters. The lowest BCUT2D eigenvalue weighted by Gasteiger charge is -1.99. The first kappa shape index (κ1) is 4.85. The molecule has 0 saturated heterocycles. The molecule has 0 aromatic carbocycles. The summed E-state index contributed by atoms with van der Waals surface area (Å²) in [7, 11) is 0. The Morgan fingerprint density at radius 2 is 1.40 bits per heavy atom. The third-order valence-corrected chi connectivity index (χ3v) is 0. The van der Waals surface area contributed by atoms with Crippen molar-refractivity contribution in [2.24, 2.45) is 0 Å². The van der Waals surface area contributed by atoms with Gasteiger partial charge in [0.15, 0.2) is 0 Å². The zero-order chi connectivity index (χ0) is 4.50. The van der Waals surface area contributed by atoms with Crippen LogP contribution in [0.15, 0.2) is 0 Å². The van der Waals surface area contributed by atoms with Gasteiger partial charge in [-0.1, -0.05) is 6.82 Å². The van der Waals surface area contributed by atoms with Gasteiger partial charge in [-0.05, 0) is 0 Å². The molecule has 0 aromatic rings. The van der Waals surface area contributed by atoms with Crippen molar-refractivity contribution in [1.29, 1.82) is 0 Å². The maximum Gasteiger partial charge on any atom is 1.00 e. The quantitative estimate of drug-likeness (QED) is 0.390. The molecule has 32 valence electrons. The average Bonchev–Trinajstić information content (AvgIpc) is 0.722. The number of halogens is 3. The predicted molar refractivity (Wildman–Crippen MR) is 16.1 cm³/mol. The Labute approximate surface area is 29.5 Å². The summed E-state index contributed by atoms with van der Waals surface area (Å²) in [6, 6.07) is 0. The van der Waals surface area contributed by atoms with Crippen molar-refractivity contribution in [2.45, 2.75) is 6.82 Å². The Bertz CT molecular complexity index is 26.3. The molecule has 0 aliphatic carbocycles. The van der Waals surface area contributed by atoms with Crippen molar-refractivity contribution in [3.05, 3.63) is 0 Å². The second-order valence-electron chi connectivity index (χ2n) is 0.902. The fourth-order valence-electron chi connectivity index (χ4n) is 0. The molecule has 4 heteroatoms. The minimum Gasteiger partial charge on any atom is -0.449 e. The molecular weight excluding hydrogens is 79.8 g/mol. The standard InChI is InChI=1S/CH3BF3/c1-2(3,4)5/h1H3/q-1/p+1. The first-order chi connectivity index (χ1) is 2.00. The van der Waals surface area contributed by atoms with Crippen LogP contribution in [-0.2, 0) is 0 Å². The molecule has 0 aliphatic heterocycles. The Kier molecular flexibility index (Phi) is 0.890. The van der Waals surface area contributed by atoms with E-state index in [2.05, 4.69) is 0 Å². The van der Waals surface area contributed by atoms with Gasteiger partial charge in [0.2, 0.25) is 0 Å². The van der Waals surface area contributed by atoms with Crippen molar-refractivity contribution in [3.8, 4) is 0 Å². The number of hydrogen-bond acceptors (Lipinski definition) is 0. The zero-order valence-corrected chi connectivity index (χ0v) is 2.71. The van der Waals surface area contributed by atoms with Crippen LogP contribution >= 0.6 is 0 Å². The molecular formula is CH4BF3. The molecule has 0 heterocycles. The van der Waals surface area contributed by atoms with E-state index in [0.29, 0.717) is 0 Å². The predicted octanol–water partition coefficient (Wildman–Crippen LogP) is 1.58. The van der Waals surface area contributed by atoms with E-state index in [4.69, 9.17) is 0 Å². The monoisotopic (exact) mass is 84.0 g/mol. The highest BCUT2D eigenvalue weighted by molar-refractivity contribution is 6.56. The van der Waals surface area contributed by atoms with E-state index in [1.165, 1.54) is 0 Å². The van der Waals surface area contributed by atoms with E-state index in [-0.39, 0.29) is 8.25 Å². The summed E-state index contributed by atoms with van der Waals surface area (Å²) in [6.45, 7) is -4.25. The van der Waals surface area contributed by atoms with E-state index in [1.54, 1.807) is 0 Å². The fourth-order valence-corrected chi connectivity index (χ4v) is 0. The lowest BCUT2D eigenvalue weighted by atomic mass is 9.99. The largest absolute Gasteiger partial charge is 1.00 e. The summed E-state index contributed by atoms with van der Waals surface area (Å²) >= 11 is 0. The lowest BCUT2D eigenvalue weighted by molar-refractivity contribution is 0.487. The van der Waals surface area contributed by atoms with Crippen LogP contribution in [0.3, 0.4) is 0 Å². The summed E-state index contributed by atoms with van der Waals surface area (Å²) in [4.78, 5) is 0. The Morgan fingerprint density at radius 3 is 1.40 bits per heavy atom. The highest BCUT2D eigenvalue weighted by atomic mass is 19.4. The molecule has 0 amide bonds. The number of rotatable bonds is 0. The van der Waals surface area contributed by atoms with E-state index in [1.807, 2.05) is 0 Å². The molecule has 0 N–H and O–H groups in total. The van der Waals surface area contributed by atoms with Crippen LogP contribution in [0.25, 0.3) is 0 Å². The fraction of sp³-hybridized carbons (Fsp3) is 1.00. The molecule has 0 bridgehead atoms. The third-order valence-electron chi connectivity index (χ3n) is 0. The van der Waals surface area contributed by atoms with Gasteiger partial charge in [0.05, 0.1) is 0 Å². The molecule has 0 atom stereocenters. The SMILES string of the molecule is C[B-](F)(F)F.[H+]. The van der Waals surface area contributed by atoms with Crippen molar-refractivity contribution in [3.63, 3.8) is 0 Å². The maximum atomic E-state index is 10.4. The Morgan fingerprint density at radius 1 is 1.40 bits per heavy atom. The Hall–Kier alpha value is -0.145. The minimum atomic E-state index is -4.50. The van der Waals surface area contributed by atoms with Gasteiger partial charge in [0.25, 0.3) is 0 Å². The van der Waals surface area contributed by atoms with Crippen molar-refractivity contribution < 1.29 is 14.4 Å². The van der Waals surface area contributed by atoms with E-state index in [9.17, 15) is 12.9 Å². The lowest BCUT2D eigenvalue weighted by Crippen LogP contribution is -2.04. The van der Waals surface area contributed by atoms with Crippen molar-refractivity contribution in [2.75, 3.05) is 0 Å². The zero-order valence-electron chi connectivity index (χ0n) is 3.71. The molecule has 0 nitrogen and oxygen atoms in total. The molecule has 0 aromatic heterocycles. The van der Waals surface area contributed by atoms with Crippen LogP contribution in [0.4, 0.5) is 12.9 Å². The van der Waals surface area contributed by atoms with Crippen LogP contribution in [-0.4, -0.2) is 6.98 Å². The molecule has 0 aliphatic rings. The van der Waals surface area contributed by atoms with Gasteiger partial charge in [-0.15, -0.1) is 0 Å². The second kappa shape index (κ2) is 0.917. The normalized spacial score (nSPS) is 12.0. The highest BCUT2D eigenvalue weighted by Crippen LogP contribution is 2.03. The van der Waals surface area contributed by atoms with E-state index < -0.39 is 6.98 Å². The van der Waals surface area contributed by atoms with Crippen LogP contribution in [0, 0.1) is 0 Å². The van der Waals surface area contributed by atoms with Gasteiger partial charge < -0.3 is 12.9 Å². The first-order valence-corrected chi connectivity index (χ1v) is 1.23. The average molecular weight is 83.8 g/mol. The van der Waals surface area contributed by atoms with Gasteiger partial charge >= 0.3 is 8.40 Å². The van der Waals surface area contributed by atoms with Gasteiger partial charge in [-0.3, -0.25) is 0 Å². The highest BCUT2D eigenvalue weighted by Gasteiger charge is 2.11. The van der Waals surface area contributed by atoms with Crippen LogP contribution in [0.2, 0.25) is 6.82 Å². The topological polar surface area (TPSA) is 0 Å². The summed E-state index contributed by atoms with van der Waals surface area (Å²) in [5.41, 5.74) is 0. The maximum absolute atomic E-state index is 10.4. The Balaban J connectivity index is 0. The van der Waals surface area contributed by atoms with Crippen molar-refractivity contribution >= 4 is 6.98 Å². The van der Waals surface area contributed by atoms with Gasteiger partial charge in [0, 0.05) is 0 Å². The van der Waals surface area contributed by atoms with Crippen molar-refractivity contribution in [1.82, 2.24) is 0 Å². The summed E-state index contributed by atoms with van der Waals surface area (Å²) in [5.74, 6) is 0. The molecule has 0 fully saturated rings. The summed E-state index contributed by atoms with van der Waals surface area (Å²) in [6.07, 6.45) is 0. The molecule has 0 saturated carbocycles. The second-order valence-corrected chi connectivity index (χ2v) is 0.902. The smallest absolute Gasteiger partial charge is 0.449 e. The molecule has 0 radical (unpaired) electrons. The molecule has 5 heavy (non-hydrogen) atoms. The third kappa shape index (κ3) is 630. The first-order valence-electron chi connectivity index (χ1n) is 1.23. The van der Waals surface area contributed by atoms with Crippen LogP contribution < -0.4 is 0 Å². The van der Waals surface area contributed by atoms with Crippen LogP contribution in [0.1, 0.15) is 1.43 Å². The summed E-state index contributed by atoms with van der Waals surface area (Å²) in [5, 5.41) is 0. The molecule has 0 spiro atoms. The molecule has 0 rings (SSSR count). The van der Waals surface area contributed by atoms with Gasteiger partial charge in [-0.2, -0.15) is 0 Å². The van der Waals surface area contributed by atoms with Gasteiger partial charge in [0.1, 0.15) is 0 Å². The van der Waals surface area contributed by atoms with E-state index >= 15 is 0 Å². The van der Waals surface area contributed by atoms with Gasteiger partial charge in [-0.25, -0.2) is 0 Å². The van der Waals surface area contributed by atoms with Crippen LogP contribution in [0.5, 0.6) is 0 Å². The summed E-state index contributed by atoms with van der Waals surface area (Å²) < 4.78 is 31.2. The number of hydrogen-bond donors (Lipinski definition) is 0. The van der Waals surface area contributed by atoms with E-state index in [0.717, 1.165) is 0 Å². The minimum absolute atomic E-state index is 0.